The number of nitrogens with zero attached hydrogens (tertiary/aromatic N) is 2. The van der Waals surface area contributed by atoms with Crippen LogP contribution >= 0.6 is 11.3 Å². The summed E-state index contributed by atoms with van der Waals surface area (Å²) in [5.74, 6) is 0.595. The summed E-state index contributed by atoms with van der Waals surface area (Å²) < 4.78 is 0. The predicted octanol–water partition coefficient (Wildman–Crippen LogP) is 3.69. The van der Waals surface area contributed by atoms with E-state index in [1.54, 1.807) is 17.4 Å². The van der Waals surface area contributed by atoms with Crippen LogP contribution in [0, 0.1) is 0 Å². The van der Waals surface area contributed by atoms with Gasteiger partial charge in [-0.25, -0.2) is 9.97 Å². The molecule has 0 bridgehead atoms. The van der Waals surface area contributed by atoms with Crippen molar-refractivity contribution >= 4 is 45.3 Å². The summed E-state index contributed by atoms with van der Waals surface area (Å²) in [7, 11) is 0. The number of thiophene rings is 1. The number of carbonyl (C=O) groups excluding carboxylic acids is 1. The molecule has 0 saturated heterocycles. The fourth-order valence-electron chi connectivity index (χ4n) is 3.00. The van der Waals surface area contributed by atoms with Crippen molar-refractivity contribution in [3.63, 3.8) is 0 Å². The molecule has 7 nitrogen and oxygen atoms in total. The second kappa shape index (κ2) is 8.57. The van der Waals surface area contributed by atoms with Crippen LogP contribution in [-0.4, -0.2) is 22.4 Å². The van der Waals surface area contributed by atoms with Gasteiger partial charge in [-0.2, -0.15) is 0 Å². The third-order valence-corrected chi connectivity index (χ3v) is 5.39. The Labute approximate surface area is 172 Å². The van der Waals surface area contributed by atoms with Gasteiger partial charge in [0.15, 0.2) is 11.6 Å². The number of nitrogens with two attached hydrogens (primary N) is 1. The third kappa shape index (κ3) is 4.27. The van der Waals surface area contributed by atoms with Gasteiger partial charge in [-0.3, -0.25) is 15.6 Å². The van der Waals surface area contributed by atoms with Gasteiger partial charge in [0.05, 0.1) is 0 Å². The molecule has 1 amide bonds. The van der Waals surface area contributed by atoms with Crippen LogP contribution in [0.5, 0.6) is 0 Å². The highest BCUT2D eigenvalue weighted by Gasteiger charge is 2.12. The molecule has 2 aromatic carbocycles. The quantitative estimate of drug-likeness (QED) is 0.350. The standard InChI is InChI=1S/C21H20N6OS/c22-18-19(23-11-10-15-7-4-12-29-15)24-13-25-20(18)26-27-21(28)17-9-3-6-14-5-1-2-8-16(14)17/h1-9,12-13H,10-11,22H2,(H,27,28)(H2,23,24,25,26). The SMILES string of the molecule is Nc1c(NCCc2cccs2)ncnc1NNC(=O)c1cccc2ccccc12. The number of nitrogen functional groups attached to an aromatic ring is 1. The number of hydrazine groups is 1. The van der Waals surface area contributed by atoms with Gasteiger partial charge in [0, 0.05) is 17.0 Å². The van der Waals surface area contributed by atoms with E-state index >= 15 is 0 Å². The molecule has 0 radical (unpaired) electrons. The van der Waals surface area contributed by atoms with Crippen LogP contribution in [0.1, 0.15) is 15.2 Å². The number of benzene rings is 2. The van der Waals surface area contributed by atoms with E-state index < -0.39 is 0 Å². The van der Waals surface area contributed by atoms with Gasteiger partial charge in [-0.05, 0) is 34.7 Å². The number of aromatic nitrogens is 2. The van der Waals surface area contributed by atoms with E-state index in [0.29, 0.717) is 29.4 Å². The Kier molecular flexibility index (Phi) is 5.53. The van der Waals surface area contributed by atoms with E-state index in [1.165, 1.54) is 11.2 Å². The molecular weight excluding hydrogens is 384 g/mol. The first-order valence-corrected chi connectivity index (χ1v) is 10.0. The summed E-state index contributed by atoms with van der Waals surface area (Å²) >= 11 is 1.71. The largest absolute Gasteiger partial charge is 0.393 e. The normalized spacial score (nSPS) is 10.6. The van der Waals surface area contributed by atoms with E-state index in [0.717, 1.165) is 17.2 Å². The minimum absolute atomic E-state index is 0.271. The van der Waals surface area contributed by atoms with Gasteiger partial charge in [0.25, 0.3) is 5.91 Å². The maximum Gasteiger partial charge on any atom is 0.270 e. The Balaban J connectivity index is 1.42. The summed E-state index contributed by atoms with van der Waals surface area (Å²) in [5.41, 5.74) is 12.5. The number of amides is 1. The molecule has 29 heavy (non-hydrogen) atoms. The number of rotatable bonds is 7. The lowest BCUT2D eigenvalue weighted by molar-refractivity contribution is 0.0964. The van der Waals surface area contributed by atoms with E-state index in [1.807, 2.05) is 42.5 Å². The molecule has 4 aromatic rings. The number of hydrogen-bond donors (Lipinski definition) is 4. The van der Waals surface area contributed by atoms with Crippen molar-refractivity contribution in [1.82, 2.24) is 15.4 Å². The molecule has 0 spiro atoms. The second-order valence-electron chi connectivity index (χ2n) is 6.35. The number of fused-ring (bicyclic) bond motifs is 1. The van der Waals surface area contributed by atoms with Gasteiger partial charge < -0.3 is 11.1 Å². The molecule has 0 saturated carbocycles. The summed E-state index contributed by atoms with van der Waals surface area (Å²) in [6.07, 6.45) is 2.28. The maximum atomic E-state index is 12.7. The molecule has 2 aromatic heterocycles. The first-order chi connectivity index (χ1) is 14.2. The molecule has 0 fully saturated rings. The first-order valence-electron chi connectivity index (χ1n) is 9.13. The van der Waals surface area contributed by atoms with E-state index in [2.05, 4.69) is 37.6 Å². The Morgan fingerprint density at radius 2 is 1.83 bits per heavy atom. The minimum atomic E-state index is -0.271. The Bertz CT molecular complexity index is 1120. The summed E-state index contributed by atoms with van der Waals surface area (Å²) in [5, 5.41) is 7.14. The topological polar surface area (TPSA) is 105 Å². The van der Waals surface area contributed by atoms with Crippen LogP contribution in [0.3, 0.4) is 0 Å². The van der Waals surface area contributed by atoms with Crippen molar-refractivity contribution in [2.24, 2.45) is 0 Å². The highest BCUT2D eigenvalue weighted by molar-refractivity contribution is 7.09. The monoisotopic (exact) mass is 404 g/mol. The van der Waals surface area contributed by atoms with Crippen molar-refractivity contribution in [2.75, 3.05) is 23.0 Å². The maximum absolute atomic E-state index is 12.7. The fraction of sp³-hybridized carbons (Fsp3) is 0.0952. The van der Waals surface area contributed by atoms with Gasteiger partial charge in [-0.1, -0.05) is 42.5 Å². The highest BCUT2D eigenvalue weighted by Crippen LogP contribution is 2.22. The highest BCUT2D eigenvalue weighted by atomic mass is 32.1. The Morgan fingerprint density at radius 3 is 2.69 bits per heavy atom. The predicted molar refractivity (Wildman–Crippen MR) is 118 cm³/mol. The second-order valence-corrected chi connectivity index (χ2v) is 7.38. The smallest absolute Gasteiger partial charge is 0.270 e. The molecular formula is C21H20N6OS. The van der Waals surface area contributed by atoms with Crippen molar-refractivity contribution in [1.29, 1.82) is 0 Å². The molecule has 2 heterocycles. The van der Waals surface area contributed by atoms with E-state index in [9.17, 15) is 4.79 Å². The van der Waals surface area contributed by atoms with Crippen molar-refractivity contribution in [2.45, 2.75) is 6.42 Å². The minimum Gasteiger partial charge on any atom is -0.393 e. The van der Waals surface area contributed by atoms with Gasteiger partial charge in [-0.15, -0.1) is 11.3 Å². The number of carbonyl (C=O) groups is 1. The zero-order valence-corrected chi connectivity index (χ0v) is 16.4. The van der Waals surface area contributed by atoms with Crippen LogP contribution in [0.4, 0.5) is 17.3 Å². The molecule has 146 valence electrons. The van der Waals surface area contributed by atoms with Crippen LogP contribution in [0.15, 0.2) is 66.3 Å². The number of anilines is 3. The molecule has 0 atom stereocenters. The lowest BCUT2D eigenvalue weighted by Crippen LogP contribution is -2.30. The van der Waals surface area contributed by atoms with Crippen LogP contribution in [0.2, 0.25) is 0 Å². The van der Waals surface area contributed by atoms with Gasteiger partial charge in [0.2, 0.25) is 0 Å². The van der Waals surface area contributed by atoms with Gasteiger partial charge >= 0.3 is 0 Å². The summed E-state index contributed by atoms with van der Waals surface area (Å²) in [6.45, 7) is 0.698. The van der Waals surface area contributed by atoms with E-state index in [-0.39, 0.29) is 5.91 Å². The molecule has 5 N–H and O–H groups in total. The van der Waals surface area contributed by atoms with Crippen LogP contribution in [-0.2, 0) is 6.42 Å². The van der Waals surface area contributed by atoms with Crippen molar-refractivity contribution < 1.29 is 4.79 Å². The Morgan fingerprint density at radius 1 is 1.00 bits per heavy atom. The molecule has 4 rings (SSSR count). The summed E-state index contributed by atoms with van der Waals surface area (Å²) in [4.78, 5) is 22.3. The Hall–Kier alpha value is -3.65. The average molecular weight is 404 g/mol. The average Bonchev–Trinajstić information content (AvgIpc) is 3.27. The summed E-state index contributed by atoms with van der Waals surface area (Å²) in [6, 6.07) is 17.4. The number of hydrogen-bond acceptors (Lipinski definition) is 7. The molecule has 8 heteroatoms. The molecule has 0 aliphatic heterocycles. The van der Waals surface area contributed by atoms with Crippen LogP contribution < -0.4 is 21.9 Å². The lowest BCUT2D eigenvalue weighted by atomic mass is 10.0. The zero-order chi connectivity index (χ0) is 20.1. The molecule has 0 aliphatic carbocycles. The third-order valence-electron chi connectivity index (χ3n) is 4.46. The van der Waals surface area contributed by atoms with E-state index in [4.69, 9.17) is 5.73 Å². The molecule has 0 aliphatic rings. The van der Waals surface area contributed by atoms with Gasteiger partial charge in [0.1, 0.15) is 12.0 Å². The van der Waals surface area contributed by atoms with Crippen molar-refractivity contribution in [3.8, 4) is 0 Å². The first kappa shape index (κ1) is 18.7. The molecule has 0 unspecified atom stereocenters. The van der Waals surface area contributed by atoms with Crippen molar-refractivity contribution in [3.05, 3.63) is 76.7 Å². The lowest BCUT2D eigenvalue weighted by Gasteiger charge is -2.13. The van der Waals surface area contributed by atoms with Crippen LogP contribution in [0.25, 0.3) is 10.8 Å². The zero-order valence-electron chi connectivity index (χ0n) is 15.6. The number of nitrogens with one attached hydrogen (secondary N) is 3. The fourth-order valence-corrected chi connectivity index (χ4v) is 3.71.